The summed E-state index contributed by atoms with van der Waals surface area (Å²) in [6, 6.07) is 16.1. The van der Waals surface area contributed by atoms with Gasteiger partial charge in [-0.25, -0.2) is 4.79 Å². The van der Waals surface area contributed by atoms with Gasteiger partial charge in [0.15, 0.2) is 0 Å². The molecule has 2 aromatic carbocycles. The fraction of sp³-hybridized carbons (Fsp3) is 0.263. The summed E-state index contributed by atoms with van der Waals surface area (Å²) in [7, 11) is 0. The summed E-state index contributed by atoms with van der Waals surface area (Å²) >= 11 is 0. The Morgan fingerprint density at radius 3 is 2.12 bits per heavy atom. The predicted molar refractivity (Wildman–Crippen MR) is 99.7 cm³/mol. The Kier molecular flexibility index (Phi) is 5.64. The zero-order valence-electron chi connectivity index (χ0n) is 13.9. The number of carbonyl (C=O) groups excluding carboxylic acids is 2. The molecule has 25 heavy (non-hydrogen) atoms. The van der Waals surface area contributed by atoms with Gasteiger partial charge in [-0.2, -0.15) is 0 Å². The third kappa shape index (κ3) is 5.06. The van der Waals surface area contributed by atoms with Gasteiger partial charge in [0.05, 0.1) is 0 Å². The normalized spacial score (nSPS) is 14.6. The number of carbonyl (C=O) groups is 2. The minimum atomic E-state index is -0.326. The molecule has 1 aliphatic rings. The SMILES string of the molecule is O=C(Nc1ccccc1)Nc1cccc(NC(=O)C2CCNCC2)c1. The van der Waals surface area contributed by atoms with Crippen LogP contribution in [0.4, 0.5) is 21.9 Å². The van der Waals surface area contributed by atoms with Gasteiger partial charge in [0.2, 0.25) is 5.91 Å². The quantitative estimate of drug-likeness (QED) is 0.690. The molecule has 1 saturated heterocycles. The Morgan fingerprint density at radius 2 is 1.40 bits per heavy atom. The van der Waals surface area contributed by atoms with Crippen LogP contribution in [0.3, 0.4) is 0 Å². The van der Waals surface area contributed by atoms with Crippen molar-refractivity contribution < 1.29 is 9.59 Å². The van der Waals surface area contributed by atoms with Crippen LogP contribution < -0.4 is 21.3 Å². The average Bonchev–Trinajstić information content (AvgIpc) is 2.63. The van der Waals surface area contributed by atoms with E-state index in [1.807, 2.05) is 36.4 Å². The first-order chi connectivity index (χ1) is 12.2. The molecule has 3 amide bonds. The molecule has 0 saturated carbocycles. The molecule has 4 N–H and O–H groups in total. The smallest absolute Gasteiger partial charge is 0.323 e. The monoisotopic (exact) mass is 338 g/mol. The molecule has 0 aliphatic carbocycles. The van der Waals surface area contributed by atoms with Crippen molar-refractivity contribution >= 4 is 29.0 Å². The average molecular weight is 338 g/mol. The van der Waals surface area contributed by atoms with Gasteiger partial charge in [-0.05, 0) is 56.3 Å². The van der Waals surface area contributed by atoms with E-state index in [9.17, 15) is 9.59 Å². The molecule has 3 rings (SSSR count). The van der Waals surface area contributed by atoms with E-state index in [2.05, 4.69) is 21.3 Å². The Bertz CT molecular complexity index is 727. The lowest BCUT2D eigenvalue weighted by Crippen LogP contribution is -2.34. The Labute approximate surface area is 147 Å². The number of piperidine rings is 1. The third-order valence-electron chi connectivity index (χ3n) is 4.13. The summed E-state index contributed by atoms with van der Waals surface area (Å²) in [6.45, 7) is 1.75. The zero-order valence-corrected chi connectivity index (χ0v) is 13.9. The van der Waals surface area contributed by atoms with Crippen molar-refractivity contribution in [2.45, 2.75) is 12.8 Å². The maximum Gasteiger partial charge on any atom is 0.323 e. The first-order valence-electron chi connectivity index (χ1n) is 8.45. The van der Waals surface area contributed by atoms with Crippen LogP contribution in [0, 0.1) is 5.92 Å². The molecular formula is C19H22N4O2. The number of urea groups is 1. The van der Waals surface area contributed by atoms with Crippen LogP contribution >= 0.6 is 0 Å². The lowest BCUT2D eigenvalue weighted by molar-refractivity contribution is -0.120. The number of anilines is 3. The van der Waals surface area contributed by atoms with Crippen molar-refractivity contribution in [2.24, 2.45) is 5.92 Å². The molecule has 0 unspecified atom stereocenters. The number of hydrogen-bond donors (Lipinski definition) is 4. The highest BCUT2D eigenvalue weighted by atomic mass is 16.2. The largest absolute Gasteiger partial charge is 0.326 e. The van der Waals surface area contributed by atoms with Crippen LogP contribution in [0.2, 0.25) is 0 Å². The van der Waals surface area contributed by atoms with E-state index < -0.39 is 0 Å². The van der Waals surface area contributed by atoms with E-state index in [0.29, 0.717) is 11.4 Å². The third-order valence-corrected chi connectivity index (χ3v) is 4.13. The molecule has 0 spiro atoms. The van der Waals surface area contributed by atoms with Gasteiger partial charge >= 0.3 is 6.03 Å². The Hall–Kier alpha value is -2.86. The van der Waals surface area contributed by atoms with Gasteiger partial charge in [-0.3, -0.25) is 4.79 Å². The summed E-state index contributed by atoms with van der Waals surface area (Å²) in [6.07, 6.45) is 1.70. The number of amides is 3. The molecular weight excluding hydrogens is 316 g/mol. The molecule has 0 atom stereocenters. The van der Waals surface area contributed by atoms with E-state index in [-0.39, 0.29) is 17.9 Å². The van der Waals surface area contributed by atoms with E-state index in [1.54, 1.807) is 18.2 Å². The number of benzene rings is 2. The van der Waals surface area contributed by atoms with E-state index >= 15 is 0 Å². The highest BCUT2D eigenvalue weighted by molar-refractivity contribution is 6.00. The van der Waals surface area contributed by atoms with E-state index in [1.165, 1.54) is 0 Å². The fourth-order valence-corrected chi connectivity index (χ4v) is 2.82. The van der Waals surface area contributed by atoms with E-state index in [0.717, 1.165) is 31.6 Å². The minimum absolute atomic E-state index is 0.0346. The van der Waals surface area contributed by atoms with Gasteiger partial charge < -0.3 is 21.3 Å². The van der Waals surface area contributed by atoms with Crippen molar-refractivity contribution in [2.75, 3.05) is 29.0 Å². The maximum atomic E-state index is 12.3. The number of rotatable bonds is 4. The van der Waals surface area contributed by atoms with Gasteiger partial charge in [0.1, 0.15) is 0 Å². The molecule has 1 aliphatic heterocycles. The second-order valence-corrected chi connectivity index (χ2v) is 6.04. The first kappa shape index (κ1) is 17.0. The summed E-state index contributed by atoms with van der Waals surface area (Å²) in [4.78, 5) is 24.3. The lowest BCUT2D eigenvalue weighted by atomic mass is 9.97. The van der Waals surface area contributed by atoms with Gasteiger partial charge in [-0.1, -0.05) is 24.3 Å². The van der Waals surface area contributed by atoms with Crippen molar-refractivity contribution in [1.82, 2.24) is 5.32 Å². The van der Waals surface area contributed by atoms with Crippen LogP contribution in [0.5, 0.6) is 0 Å². The summed E-state index contributed by atoms with van der Waals surface area (Å²) in [5.41, 5.74) is 2.02. The number of hydrogen-bond acceptors (Lipinski definition) is 3. The second kappa shape index (κ2) is 8.30. The lowest BCUT2D eigenvalue weighted by Gasteiger charge is -2.21. The number of para-hydroxylation sites is 1. The summed E-state index contributed by atoms with van der Waals surface area (Å²) in [5.74, 6) is 0.0756. The van der Waals surface area contributed by atoms with Crippen molar-refractivity contribution in [3.63, 3.8) is 0 Å². The minimum Gasteiger partial charge on any atom is -0.326 e. The van der Waals surface area contributed by atoms with E-state index in [4.69, 9.17) is 0 Å². The predicted octanol–water partition coefficient (Wildman–Crippen LogP) is 3.27. The molecule has 1 fully saturated rings. The Morgan fingerprint density at radius 1 is 0.800 bits per heavy atom. The first-order valence-corrected chi connectivity index (χ1v) is 8.45. The Balaban J connectivity index is 1.57. The van der Waals surface area contributed by atoms with Gasteiger partial charge in [0, 0.05) is 23.0 Å². The van der Waals surface area contributed by atoms with Gasteiger partial charge in [0.25, 0.3) is 0 Å². The van der Waals surface area contributed by atoms with Crippen molar-refractivity contribution in [3.05, 3.63) is 54.6 Å². The standard InChI is InChI=1S/C19H22N4O2/c24-18(14-9-11-20-12-10-14)21-16-7-4-8-17(13-16)23-19(25)22-15-5-2-1-3-6-15/h1-8,13-14,20H,9-12H2,(H,21,24)(H2,22,23,25). The molecule has 0 radical (unpaired) electrons. The molecule has 0 bridgehead atoms. The van der Waals surface area contributed by atoms with Gasteiger partial charge in [-0.15, -0.1) is 0 Å². The molecule has 6 nitrogen and oxygen atoms in total. The second-order valence-electron chi connectivity index (χ2n) is 6.04. The summed E-state index contributed by atoms with van der Waals surface area (Å²) in [5, 5.41) is 11.7. The molecule has 130 valence electrons. The van der Waals surface area contributed by atoms with Crippen molar-refractivity contribution in [1.29, 1.82) is 0 Å². The highest BCUT2D eigenvalue weighted by Crippen LogP contribution is 2.19. The molecule has 2 aromatic rings. The maximum absolute atomic E-state index is 12.3. The topological polar surface area (TPSA) is 82.3 Å². The molecule has 0 aromatic heterocycles. The molecule has 1 heterocycles. The molecule has 6 heteroatoms. The van der Waals surface area contributed by atoms with Crippen LogP contribution in [0.25, 0.3) is 0 Å². The van der Waals surface area contributed by atoms with Crippen LogP contribution in [-0.2, 0) is 4.79 Å². The summed E-state index contributed by atoms with van der Waals surface area (Å²) < 4.78 is 0. The van der Waals surface area contributed by atoms with Crippen LogP contribution in [0.15, 0.2) is 54.6 Å². The van der Waals surface area contributed by atoms with Crippen LogP contribution in [-0.4, -0.2) is 25.0 Å². The fourth-order valence-electron chi connectivity index (χ4n) is 2.82. The zero-order chi connectivity index (χ0) is 17.5. The highest BCUT2D eigenvalue weighted by Gasteiger charge is 2.20. The number of nitrogens with one attached hydrogen (secondary N) is 4. The van der Waals surface area contributed by atoms with Crippen molar-refractivity contribution in [3.8, 4) is 0 Å². The van der Waals surface area contributed by atoms with Crippen LogP contribution in [0.1, 0.15) is 12.8 Å².